The van der Waals surface area contributed by atoms with E-state index >= 15 is 0 Å². The predicted octanol–water partition coefficient (Wildman–Crippen LogP) is 4.65. The van der Waals surface area contributed by atoms with E-state index in [-0.39, 0.29) is 0 Å². The van der Waals surface area contributed by atoms with Crippen molar-refractivity contribution in [3.05, 3.63) is 30.1 Å². The minimum absolute atomic E-state index is 0.642. The molecule has 4 aliphatic carbocycles. The summed E-state index contributed by atoms with van der Waals surface area (Å²) in [5, 5.41) is 0. The number of aromatic nitrogens is 1. The normalized spacial score (nSPS) is 41.4. The fourth-order valence-electron chi connectivity index (χ4n) is 5.62. The molecule has 5 rings (SSSR count). The summed E-state index contributed by atoms with van der Waals surface area (Å²) in [6.45, 7) is 2.38. The van der Waals surface area contributed by atoms with Gasteiger partial charge < -0.3 is 0 Å². The molecule has 0 aromatic carbocycles. The molecule has 1 atom stereocenters. The molecule has 4 fully saturated rings. The summed E-state index contributed by atoms with van der Waals surface area (Å²) in [4.78, 5) is 4.56. The molecule has 0 aliphatic heterocycles. The van der Waals surface area contributed by atoms with Crippen LogP contribution in [0.25, 0.3) is 0 Å². The van der Waals surface area contributed by atoms with E-state index in [0.29, 0.717) is 5.92 Å². The lowest BCUT2D eigenvalue weighted by Crippen LogP contribution is -2.45. The summed E-state index contributed by atoms with van der Waals surface area (Å²) in [6.07, 6.45) is 11.1. The molecule has 0 saturated heterocycles. The fourth-order valence-corrected chi connectivity index (χ4v) is 5.62. The zero-order chi connectivity index (χ0) is 12.8. The first-order valence-corrected chi connectivity index (χ1v) is 8.20. The monoisotopic (exact) mass is 255 g/mol. The van der Waals surface area contributed by atoms with Crippen molar-refractivity contribution in [1.29, 1.82) is 0 Å². The molecule has 102 valence electrons. The van der Waals surface area contributed by atoms with Gasteiger partial charge in [0.1, 0.15) is 0 Å². The zero-order valence-corrected chi connectivity index (χ0v) is 12.0. The van der Waals surface area contributed by atoms with Crippen molar-refractivity contribution in [2.45, 2.75) is 51.4 Å². The molecule has 4 bridgehead atoms. The lowest BCUT2D eigenvalue weighted by Gasteiger charge is -2.55. The Morgan fingerprint density at radius 1 is 1.05 bits per heavy atom. The quantitative estimate of drug-likeness (QED) is 0.766. The lowest BCUT2D eigenvalue weighted by molar-refractivity contribution is -0.0418. The van der Waals surface area contributed by atoms with Gasteiger partial charge >= 0.3 is 0 Å². The van der Waals surface area contributed by atoms with Gasteiger partial charge in [0.25, 0.3) is 0 Å². The van der Waals surface area contributed by atoms with E-state index in [1.165, 1.54) is 12.1 Å². The van der Waals surface area contributed by atoms with Crippen LogP contribution in [0.15, 0.2) is 24.4 Å². The van der Waals surface area contributed by atoms with Crippen molar-refractivity contribution in [2.24, 2.45) is 29.6 Å². The number of hydrogen-bond donors (Lipinski definition) is 0. The Labute approximate surface area is 116 Å². The van der Waals surface area contributed by atoms with Gasteiger partial charge in [-0.1, -0.05) is 13.0 Å². The standard InChI is InChI=1S/C18H25N/c1-12(18-4-2-3-5-19-18)6-17-15-8-13-7-14(10-15)11-16(17)9-13/h2-5,12-17H,6-11H2,1H3. The first-order chi connectivity index (χ1) is 9.29. The van der Waals surface area contributed by atoms with Crippen LogP contribution in [0.4, 0.5) is 0 Å². The van der Waals surface area contributed by atoms with E-state index in [1.54, 1.807) is 32.1 Å². The maximum absolute atomic E-state index is 4.56. The van der Waals surface area contributed by atoms with E-state index < -0.39 is 0 Å². The maximum Gasteiger partial charge on any atom is 0.0431 e. The van der Waals surface area contributed by atoms with Crippen LogP contribution in [-0.2, 0) is 0 Å². The van der Waals surface area contributed by atoms with Crippen LogP contribution in [0.3, 0.4) is 0 Å². The average Bonchev–Trinajstić information content (AvgIpc) is 2.43. The minimum atomic E-state index is 0.642. The topological polar surface area (TPSA) is 12.9 Å². The molecule has 1 nitrogen and oxygen atoms in total. The van der Waals surface area contributed by atoms with E-state index in [4.69, 9.17) is 0 Å². The Morgan fingerprint density at radius 3 is 2.32 bits per heavy atom. The van der Waals surface area contributed by atoms with Gasteiger partial charge in [0.2, 0.25) is 0 Å². The van der Waals surface area contributed by atoms with Crippen LogP contribution in [0, 0.1) is 29.6 Å². The molecule has 1 heteroatoms. The molecule has 0 radical (unpaired) electrons. The molecule has 1 heterocycles. The first kappa shape index (κ1) is 11.9. The van der Waals surface area contributed by atoms with Crippen LogP contribution in [-0.4, -0.2) is 4.98 Å². The highest BCUT2D eigenvalue weighted by molar-refractivity contribution is 5.09. The van der Waals surface area contributed by atoms with Gasteiger partial charge in [-0.15, -0.1) is 0 Å². The Morgan fingerprint density at radius 2 is 1.74 bits per heavy atom. The Hall–Kier alpha value is -0.850. The predicted molar refractivity (Wildman–Crippen MR) is 77.8 cm³/mol. The first-order valence-electron chi connectivity index (χ1n) is 8.20. The zero-order valence-electron chi connectivity index (χ0n) is 12.0. The smallest absolute Gasteiger partial charge is 0.0431 e. The van der Waals surface area contributed by atoms with Gasteiger partial charge in [0.05, 0.1) is 0 Å². The number of pyridine rings is 1. The van der Waals surface area contributed by atoms with Gasteiger partial charge in [0.15, 0.2) is 0 Å². The second kappa shape index (κ2) is 4.61. The van der Waals surface area contributed by atoms with Crippen molar-refractivity contribution in [1.82, 2.24) is 4.98 Å². The molecule has 0 spiro atoms. The second-order valence-electron chi connectivity index (χ2n) is 7.49. The SMILES string of the molecule is CC(CC1C2CC3CC(C2)CC1C3)c1ccccn1. The van der Waals surface area contributed by atoms with E-state index in [1.807, 2.05) is 12.3 Å². The third-order valence-corrected chi connectivity index (χ3v) is 6.24. The van der Waals surface area contributed by atoms with Crippen LogP contribution in [0.5, 0.6) is 0 Å². The molecule has 1 unspecified atom stereocenters. The fraction of sp³-hybridized carbons (Fsp3) is 0.722. The number of rotatable bonds is 3. The number of nitrogens with zero attached hydrogens (tertiary/aromatic N) is 1. The van der Waals surface area contributed by atoms with Crippen molar-refractivity contribution in [2.75, 3.05) is 0 Å². The lowest BCUT2D eigenvalue weighted by atomic mass is 9.51. The van der Waals surface area contributed by atoms with Crippen LogP contribution < -0.4 is 0 Å². The van der Waals surface area contributed by atoms with Gasteiger partial charge in [-0.2, -0.15) is 0 Å². The van der Waals surface area contributed by atoms with Crippen molar-refractivity contribution in [3.8, 4) is 0 Å². The Bertz CT molecular complexity index is 410. The highest BCUT2D eigenvalue weighted by Crippen LogP contribution is 2.58. The summed E-state index contributed by atoms with van der Waals surface area (Å²) in [5.41, 5.74) is 1.30. The van der Waals surface area contributed by atoms with Crippen molar-refractivity contribution < 1.29 is 0 Å². The van der Waals surface area contributed by atoms with Crippen LogP contribution >= 0.6 is 0 Å². The van der Waals surface area contributed by atoms with Crippen LogP contribution in [0.2, 0.25) is 0 Å². The molecule has 1 aromatic heterocycles. The van der Waals surface area contributed by atoms with Gasteiger partial charge in [-0.05, 0) is 86.2 Å². The third kappa shape index (κ3) is 2.11. The third-order valence-electron chi connectivity index (χ3n) is 6.24. The molecule has 4 saturated carbocycles. The molecule has 0 amide bonds. The second-order valence-corrected chi connectivity index (χ2v) is 7.49. The summed E-state index contributed by atoms with van der Waals surface area (Å²) >= 11 is 0. The Kier molecular flexibility index (Phi) is 2.90. The largest absolute Gasteiger partial charge is 0.261 e. The van der Waals surface area contributed by atoms with E-state index in [0.717, 1.165) is 29.6 Å². The molecular formula is C18H25N. The molecular weight excluding hydrogens is 230 g/mol. The van der Waals surface area contributed by atoms with E-state index in [2.05, 4.69) is 24.0 Å². The summed E-state index contributed by atoms with van der Waals surface area (Å²) < 4.78 is 0. The van der Waals surface area contributed by atoms with Gasteiger partial charge in [0, 0.05) is 11.9 Å². The highest BCUT2D eigenvalue weighted by atomic mass is 14.7. The molecule has 19 heavy (non-hydrogen) atoms. The molecule has 4 aliphatic rings. The minimum Gasteiger partial charge on any atom is -0.261 e. The van der Waals surface area contributed by atoms with Crippen molar-refractivity contribution >= 4 is 0 Å². The summed E-state index contributed by atoms with van der Waals surface area (Å²) in [5.74, 6) is 5.96. The summed E-state index contributed by atoms with van der Waals surface area (Å²) in [6, 6.07) is 6.37. The van der Waals surface area contributed by atoms with Crippen LogP contribution in [0.1, 0.15) is 57.1 Å². The molecule has 0 N–H and O–H groups in total. The maximum atomic E-state index is 4.56. The Balaban J connectivity index is 1.48. The van der Waals surface area contributed by atoms with Crippen molar-refractivity contribution in [3.63, 3.8) is 0 Å². The van der Waals surface area contributed by atoms with E-state index in [9.17, 15) is 0 Å². The highest BCUT2D eigenvalue weighted by Gasteiger charge is 2.48. The number of hydrogen-bond acceptors (Lipinski definition) is 1. The summed E-state index contributed by atoms with van der Waals surface area (Å²) in [7, 11) is 0. The van der Waals surface area contributed by atoms with Gasteiger partial charge in [-0.25, -0.2) is 0 Å². The average molecular weight is 255 g/mol. The molecule has 1 aromatic rings. The van der Waals surface area contributed by atoms with Gasteiger partial charge in [-0.3, -0.25) is 4.98 Å².